The van der Waals surface area contributed by atoms with Gasteiger partial charge in [-0.05, 0) is 6.42 Å². The van der Waals surface area contributed by atoms with E-state index in [9.17, 15) is 8.78 Å². The fourth-order valence-corrected chi connectivity index (χ4v) is 1.34. The first-order valence-corrected chi connectivity index (χ1v) is 3.38. The molecule has 0 aromatic heterocycles. The van der Waals surface area contributed by atoms with Crippen molar-refractivity contribution in [1.29, 1.82) is 0 Å². The van der Waals surface area contributed by atoms with Crippen LogP contribution in [0.3, 0.4) is 0 Å². The van der Waals surface area contributed by atoms with Gasteiger partial charge in [0, 0.05) is 9.84 Å². The molecule has 0 nitrogen and oxygen atoms in total. The van der Waals surface area contributed by atoms with Gasteiger partial charge in [-0.2, -0.15) is 0 Å². The Hall–Kier alpha value is 0.590. The van der Waals surface area contributed by atoms with Crippen LogP contribution in [0, 0.1) is 5.92 Å². The zero-order valence-electron chi connectivity index (χ0n) is 3.57. The number of rotatable bonds is 1. The molecular formula is C4H5F2I. The smallest absolute Gasteiger partial charge is 0.210 e. The quantitative estimate of drug-likeness (QED) is 0.466. The molecule has 7 heavy (non-hydrogen) atoms. The van der Waals surface area contributed by atoms with E-state index in [0.29, 0.717) is 0 Å². The van der Waals surface area contributed by atoms with Crippen molar-refractivity contribution in [2.24, 2.45) is 5.92 Å². The summed E-state index contributed by atoms with van der Waals surface area (Å²) < 4.78 is 23.2. The van der Waals surface area contributed by atoms with E-state index in [4.69, 9.17) is 0 Å². The van der Waals surface area contributed by atoms with Crippen molar-refractivity contribution in [1.82, 2.24) is 0 Å². The highest BCUT2D eigenvalue weighted by molar-refractivity contribution is 14.1. The Balaban J connectivity index is 2.20. The van der Waals surface area contributed by atoms with E-state index in [1.165, 1.54) is 0 Å². The third kappa shape index (κ3) is 1.24. The van der Waals surface area contributed by atoms with Gasteiger partial charge in [0.05, 0.1) is 0 Å². The van der Waals surface area contributed by atoms with E-state index in [1.54, 1.807) is 0 Å². The van der Waals surface area contributed by atoms with Crippen LogP contribution in [0.2, 0.25) is 0 Å². The lowest BCUT2D eigenvalue weighted by Crippen LogP contribution is -1.93. The fraction of sp³-hybridized carbons (Fsp3) is 1.00. The first-order chi connectivity index (χ1) is 3.22. The second kappa shape index (κ2) is 1.84. The Kier molecular flexibility index (Phi) is 1.50. The summed E-state index contributed by atoms with van der Waals surface area (Å²) in [6.45, 7) is 0. The lowest BCUT2D eigenvalue weighted by atomic mass is 10.5. The van der Waals surface area contributed by atoms with Crippen LogP contribution in [-0.4, -0.2) is 10.4 Å². The highest BCUT2D eigenvalue weighted by Crippen LogP contribution is 2.42. The van der Waals surface area contributed by atoms with Crippen LogP contribution in [-0.2, 0) is 0 Å². The topological polar surface area (TPSA) is 0 Å². The Labute approximate surface area is 54.4 Å². The molecule has 3 heteroatoms. The van der Waals surface area contributed by atoms with Crippen LogP contribution in [0.25, 0.3) is 0 Å². The van der Waals surface area contributed by atoms with E-state index < -0.39 is 6.43 Å². The fourth-order valence-electron chi connectivity index (χ4n) is 0.442. The summed E-state index contributed by atoms with van der Waals surface area (Å²) in [5.74, 6) is -0.277. The molecule has 0 heterocycles. The van der Waals surface area contributed by atoms with Gasteiger partial charge in [0.2, 0.25) is 6.43 Å². The number of hydrogen-bond acceptors (Lipinski definition) is 0. The van der Waals surface area contributed by atoms with Crippen molar-refractivity contribution in [3.8, 4) is 0 Å². The van der Waals surface area contributed by atoms with E-state index >= 15 is 0 Å². The van der Waals surface area contributed by atoms with Crippen LogP contribution >= 0.6 is 22.6 Å². The molecule has 0 saturated heterocycles. The van der Waals surface area contributed by atoms with Gasteiger partial charge in [0.15, 0.2) is 0 Å². The summed E-state index contributed by atoms with van der Waals surface area (Å²) in [5.41, 5.74) is 0. The maximum absolute atomic E-state index is 11.5. The Morgan fingerprint density at radius 3 is 2.00 bits per heavy atom. The van der Waals surface area contributed by atoms with Crippen molar-refractivity contribution < 1.29 is 8.78 Å². The molecule has 1 aliphatic carbocycles. The monoisotopic (exact) mass is 218 g/mol. The minimum atomic E-state index is -2.07. The Bertz CT molecular complexity index is 74.1. The van der Waals surface area contributed by atoms with Gasteiger partial charge in [-0.15, -0.1) is 0 Å². The molecular weight excluding hydrogens is 213 g/mol. The molecule has 42 valence electrons. The second-order valence-corrected chi connectivity index (χ2v) is 3.35. The summed E-state index contributed by atoms with van der Waals surface area (Å²) in [7, 11) is 0. The molecule has 0 radical (unpaired) electrons. The molecule has 0 spiro atoms. The molecule has 1 rings (SSSR count). The van der Waals surface area contributed by atoms with Crippen molar-refractivity contribution in [3.63, 3.8) is 0 Å². The number of alkyl halides is 3. The highest BCUT2D eigenvalue weighted by atomic mass is 127. The lowest BCUT2D eigenvalue weighted by Gasteiger charge is -1.87. The second-order valence-electron chi connectivity index (χ2n) is 1.75. The molecule has 2 atom stereocenters. The van der Waals surface area contributed by atoms with E-state index in [-0.39, 0.29) is 9.84 Å². The first kappa shape index (κ1) is 5.72. The standard InChI is InChI=1S/C4H5F2I/c5-4(6)2-1-3(2)7/h2-4H,1H2/t2-,3-/m1/s1. The Morgan fingerprint density at radius 2 is 2.00 bits per heavy atom. The van der Waals surface area contributed by atoms with Crippen molar-refractivity contribution in [3.05, 3.63) is 0 Å². The maximum Gasteiger partial charge on any atom is 0.242 e. The van der Waals surface area contributed by atoms with Crippen LogP contribution in [0.5, 0.6) is 0 Å². The first-order valence-electron chi connectivity index (χ1n) is 2.14. The van der Waals surface area contributed by atoms with Gasteiger partial charge < -0.3 is 0 Å². The summed E-state index contributed by atoms with van der Waals surface area (Å²) in [5, 5.41) is 0. The summed E-state index contributed by atoms with van der Waals surface area (Å²) >= 11 is 2.05. The Morgan fingerprint density at radius 1 is 1.57 bits per heavy atom. The predicted octanol–water partition coefficient (Wildman–Crippen LogP) is 2.08. The van der Waals surface area contributed by atoms with Crippen LogP contribution < -0.4 is 0 Å². The molecule has 0 aromatic rings. The van der Waals surface area contributed by atoms with Gasteiger partial charge in [0.25, 0.3) is 0 Å². The van der Waals surface area contributed by atoms with Crippen molar-refractivity contribution >= 4 is 22.6 Å². The molecule has 0 bridgehead atoms. The maximum atomic E-state index is 11.5. The SMILES string of the molecule is FC(F)[C@@H]1C[C@H]1I. The lowest BCUT2D eigenvalue weighted by molar-refractivity contribution is 0.124. The molecule has 0 aromatic carbocycles. The van der Waals surface area contributed by atoms with E-state index in [1.807, 2.05) is 0 Å². The molecule has 0 N–H and O–H groups in total. The zero-order chi connectivity index (χ0) is 5.44. The van der Waals surface area contributed by atoms with E-state index in [2.05, 4.69) is 22.6 Å². The minimum absolute atomic E-state index is 0.262. The van der Waals surface area contributed by atoms with Gasteiger partial charge in [-0.25, -0.2) is 8.78 Å². The molecule has 0 unspecified atom stereocenters. The van der Waals surface area contributed by atoms with Gasteiger partial charge in [0.1, 0.15) is 0 Å². The van der Waals surface area contributed by atoms with Gasteiger partial charge in [-0.1, -0.05) is 22.6 Å². The van der Waals surface area contributed by atoms with Gasteiger partial charge >= 0.3 is 0 Å². The number of hydrogen-bond donors (Lipinski definition) is 0. The summed E-state index contributed by atoms with van der Waals surface area (Å²) in [6, 6.07) is 0. The third-order valence-corrected chi connectivity index (χ3v) is 2.51. The molecule has 1 aliphatic rings. The van der Waals surface area contributed by atoms with Crippen LogP contribution in [0.1, 0.15) is 6.42 Å². The zero-order valence-corrected chi connectivity index (χ0v) is 5.73. The normalized spacial score (nSPS) is 39.4. The molecule has 0 aliphatic heterocycles. The van der Waals surface area contributed by atoms with E-state index in [0.717, 1.165) is 6.42 Å². The molecule has 0 amide bonds. The van der Waals surface area contributed by atoms with Crippen LogP contribution in [0.15, 0.2) is 0 Å². The van der Waals surface area contributed by atoms with Crippen molar-refractivity contribution in [2.75, 3.05) is 0 Å². The summed E-state index contributed by atoms with van der Waals surface area (Å²) in [6.07, 6.45) is -1.35. The number of halogens is 3. The van der Waals surface area contributed by atoms with Gasteiger partial charge in [-0.3, -0.25) is 0 Å². The van der Waals surface area contributed by atoms with Crippen LogP contribution in [0.4, 0.5) is 8.78 Å². The average molecular weight is 218 g/mol. The summed E-state index contributed by atoms with van der Waals surface area (Å²) in [4.78, 5) is 0. The highest BCUT2D eigenvalue weighted by Gasteiger charge is 2.41. The minimum Gasteiger partial charge on any atom is -0.210 e. The molecule has 1 fully saturated rings. The average Bonchev–Trinajstić information content (AvgIpc) is 2.17. The largest absolute Gasteiger partial charge is 0.242 e. The molecule has 1 saturated carbocycles. The third-order valence-electron chi connectivity index (χ3n) is 1.08. The predicted molar refractivity (Wildman–Crippen MR) is 31.9 cm³/mol. The van der Waals surface area contributed by atoms with Crippen molar-refractivity contribution in [2.45, 2.75) is 16.8 Å².